The molecule has 0 aliphatic carbocycles. The van der Waals surface area contributed by atoms with E-state index in [1.807, 2.05) is 0 Å². The number of hydrogen-bond donors (Lipinski definition) is 0. The molecule has 0 N–H and O–H groups in total. The molecule has 0 spiro atoms. The van der Waals surface area contributed by atoms with Crippen molar-refractivity contribution in [3.63, 3.8) is 0 Å². The zero-order chi connectivity index (χ0) is 10.6. The third kappa shape index (κ3) is 2.69. The van der Waals surface area contributed by atoms with Gasteiger partial charge in [0.1, 0.15) is 0 Å². The van der Waals surface area contributed by atoms with E-state index in [1.165, 1.54) is 0 Å². The van der Waals surface area contributed by atoms with Crippen molar-refractivity contribution in [1.82, 2.24) is 4.90 Å². The molecule has 3 heteroatoms. The van der Waals surface area contributed by atoms with Crippen molar-refractivity contribution in [3.8, 4) is 0 Å². The fraction of sp³-hybridized carbons (Fsp3) is 1.00. The first-order valence-electron chi connectivity index (χ1n) is 5.42. The first-order valence-corrected chi connectivity index (χ1v) is 5.42. The SMILES string of the molecule is COCC1(OC)CCN(C(C)C)CC1. The molecule has 1 heterocycles. The monoisotopic (exact) mass is 201 g/mol. The van der Waals surface area contributed by atoms with Crippen molar-refractivity contribution in [2.45, 2.75) is 38.3 Å². The summed E-state index contributed by atoms with van der Waals surface area (Å²) in [4.78, 5) is 2.49. The maximum Gasteiger partial charge on any atom is 0.0935 e. The van der Waals surface area contributed by atoms with Crippen molar-refractivity contribution in [1.29, 1.82) is 0 Å². The summed E-state index contributed by atoms with van der Waals surface area (Å²) in [6.07, 6.45) is 2.16. The van der Waals surface area contributed by atoms with E-state index < -0.39 is 0 Å². The topological polar surface area (TPSA) is 21.7 Å². The van der Waals surface area contributed by atoms with Gasteiger partial charge in [0.25, 0.3) is 0 Å². The second-order valence-electron chi connectivity index (χ2n) is 4.45. The van der Waals surface area contributed by atoms with E-state index >= 15 is 0 Å². The molecule has 0 saturated carbocycles. The largest absolute Gasteiger partial charge is 0.382 e. The lowest BCUT2D eigenvalue weighted by Gasteiger charge is -2.41. The summed E-state index contributed by atoms with van der Waals surface area (Å²) in [7, 11) is 3.54. The summed E-state index contributed by atoms with van der Waals surface area (Å²) in [5.74, 6) is 0. The molecule has 14 heavy (non-hydrogen) atoms. The number of likely N-dealkylation sites (tertiary alicyclic amines) is 1. The van der Waals surface area contributed by atoms with Crippen LogP contribution in [0.25, 0.3) is 0 Å². The Morgan fingerprint density at radius 3 is 2.14 bits per heavy atom. The van der Waals surface area contributed by atoms with Crippen LogP contribution in [0.5, 0.6) is 0 Å². The van der Waals surface area contributed by atoms with Gasteiger partial charge in [0, 0.05) is 33.4 Å². The summed E-state index contributed by atoms with van der Waals surface area (Å²) in [6.45, 7) is 7.45. The zero-order valence-corrected chi connectivity index (χ0v) is 9.88. The lowest BCUT2D eigenvalue weighted by Crippen LogP contribution is -2.50. The van der Waals surface area contributed by atoms with Gasteiger partial charge in [-0.15, -0.1) is 0 Å². The fourth-order valence-electron chi connectivity index (χ4n) is 2.12. The second-order valence-corrected chi connectivity index (χ2v) is 4.45. The van der Waals surface area contributed by atoms with Gasteiger partial charge in [-0.2, -0.15) is 0 Å². The molecular formula is C11H23NO2. The molecule has 0 radical (unpaired) electrons. The van der Waals surface area contributed by atoms with E-state index in [4.69, 9.17) is 9.47 Å². The molecule has 0 atom stereocenters. The average Bonchev–Trinajstić information content (AvgIpc) is 2.19. The molecule has 0 amide bonds. The smallest absolute Gasteiger partial charge is 0.0935 e. The predicted octanol–water partition coefficient (Wildman–Crippen LogP) is 1.52. The van der Waals surface area contributed by atoms with Crippen molar-refractivity contribution in [3.05, 3.63) is 0 Å². The third-order valence-corrected chi connectivity index (χ3v) is 3.28. The van der Waals surface area contributed by atoms with Crippen molar-refractivity contribution >= 4 is 0 Å². The van der Waals surface area contributed by atoms with Gasteiger partial charge >= 0.3 is 0 Å². The van der Waals surface area contributed by atoms with Crippen LogP contribution in [-0.2, 0) is 9.47 Å². The van der Waals surface area contributed by atoms with Gasteiger partial charge in [-0.05, 0) is 26.7 Å². The number of ether oxygens (including phenoxy) is 2. The Hall–Kier alpha value is -0.120. The Morgan fingerprint density at radius 2 is 1.79 bits per heavy atom. The first-order chi connectivity index (χ1) is 6.63. The summed E-state index contributed by atoms with van der Waals surface area (Å²) in [5, 5.41) is 0. The molecule has 1 rings (SSSR count). The summed E-state index contributed by atoms with van der Waals surface area (Å²) >= 11 is 0. The highest BCUT2D eigenvalue weighted by atomic mass is 16.5. The van der Waals surface area contributed by atoms with Gasteiger partial charge in [0.05, 0.1) is 12.2 Å². The van der Waals surface area contributed by atoms with Crippen LogP contribution in [0.3, 0.4) is 0 Å². The number of nitrogens with zero attached hydrogens (tertiary/aromatic N) is 1. The molecule has 1 saturated heterocycles. The fourth-order valence-corrected chi connectivity index (χ4v) is 2.12. The van der Waals surface area contributed by atoms with Gasteiger partial charge in [-0.25, -0.2) is 0 Å². The van der Waals surface area contributed by atoms with Crippen LogP contribution in [0.4, 0.5) is 0 Å². The summed E-state index contributed by atoms with van der Waals surface area (Å²) in [5.41, 5.74) is -0.0276. The van der Waals surface area contributed by atoms with Crippen molar-refractivity contribution < 1.29 is 9.47 Å². The molecule has 1 aliphatic rings. The van der Waals surface area contributed by atoms with Gasteiger partial charge in [-0.1, -0.05) is 0 Å². The van der Waals surface area contributed by atoms with Crippen LogP contribution in [-0.4, -0.2) is 50.5 Å². The van der Waals surface area contributed by atoms with Crippen LogP contribution < -0.4 is 0 Å². The van der Waals surface area contributed by atoms with Crippen LogP contribution >= 0.6 is 0 Å². The maximum atomic E-state index is 5.60. The van der Waals surface area contributed by atoms with E-state index in [0.29, 0.717) is 6.04 Å². The molecule has 1 fully saturated rings. The third-order valence-electron chi connectivity index (χ3n) is 3.28. The van der Waals surface area contributed by atoms with Crippen LogP contribution in [0, 0.1) is 0 Å². The molecule has 0 aromatic rings. The first kappa shape index (κ1) is 12.0. The van der Waals surface area contributed by atoms with Gasteiger partial charge in [-0.3, -0.25) is 0 Å². The van der Waals surface area contributed by atoms with E-state index in [-0.39, 0.29) is 5.60 Å². The minimum Gasteiger partial charge on any atom is -0.382 e. The second kappa shape index (κ2) is 5.10. The molecular weight excluding hydrogens is 178 g/mol. The van der Waals surface area contributed by atoms with E-state index in [2.05, 4.69) is 18.7 Å². The van der Waals surface area contributed by atoms with E-state index in [9.17, 15) is 0 Å². The Labute approximate surface area is 87.4 Å². The maximum absolute atomic E-state index is 5.60. The van der Waals surface area contributed by atoms with Crippen LogP contribution in [0.1, 0.15) is 26.7 Å². The number of methoxy groups -OCH3 is 2. The molecule has 0 aromatic carbocycles. The van der Waals surface area contributed by atoms with E-state index in [1.54, 1.807) is 14.2 Å². The minimum absolute atomic E-state index is 0.0276. The highest BCUT2D eigenvalue weighted by Gasteiger charge is 2.35. The molecule has 0 bridgehead atoms. The lowest BCUT2D eigenvalue weighted by atomic mass is 9.91. The highest BCUT2D eigenvalue weighted by Crippen LogP contribution is 2.26. The number of rotatable bonds is 4. The number of piperidine rings is 1. The van der Waals surface area contributed by atoms with Gasteiger partial charge < -0.3 is 14.4 Å². The van der Waals surface area contributed by atoms with Crippen LogP contribution in [0.2, 0.25) is 0 Å². The standard InChI is InChI=1S/C11H23NO2/c1-10(2)12-7-5-11(14-4,6-8-12)9-13-3/h10H,5-9H2,1-4H3. The van der Waals surface area contributed by atoms with Gasteiger partial charge in [0.15, 0.2) is 0 Å². The molecule has 0 unspecified atom stereocenters. The van der Waals surface area contributed by atoms with Crippen LogP contribution in [0.15, 0.2) is 0 Å². The Balaban J connectivity index is 2.46. The normalized spacial score (nSPS) is 22.9. The molecule has 1 aliphatic heterocycles. The predicted molar refractivity (Wildman–Crippen MR) is 57.6 cm³/mol. The average molecular weight is 201 g/mol. The summed E-state index contributed by atoms with van der Waals surface area (Å²) in [6, 6.07) is 0.646. The van der Waals surface area contributed by atoms with Crippen molar-refractivity contribution in [2.75, 3.05) is 33.9 Å². The molecule has 0 aromatic heterocycles. The summed E-state index contributed by atoms with van der Waals surface area (Å²) < 4.78 is 10.8. The van der Waals surface area contributed by atoms with Crippen molar-refractivity contribution in [2.24, 2.45) is 0 Å². The Kier molecular flexibility index (Phi) is 4.35. The number of hydrogen-bond acceptors (Lipinski definition) is 3. The minimum atomic E-state index is -0.0276. The van der Waals surface area contributed by atoms with E-state index in [0.717, 1.165) is 32.5 Å². The quantitative estimate of drug-likeness (QED) is 0.688. The highest BCUT2D eigenvalue weighted by molar-refractivity contribution is 4.88. The zero-order valence-electron chi connectivity index (χ0n) is 9.88. The van der Waals surface area contributed by atoms with Gasteiger partial charge in [0.2, 0.25) is 0 Å². The Morgan fingerprint density at radius 1 is 1.21 bits per heavy atom. The molecule has 3 nitrogen and oxygen atoms in total. The Bertz CT molecular complexity index is 163. The molecule has 84 valence electrons. The lowest BCUT2D eigenvalue weighted by molar-refractivity contribution is -0.101.